The normalized spacial score (nSPS) is 15.6. The van der Waals surface area contributed by atoms with Crippen LogP contribution in [0.1, 0.15) is 25.6 Å². The first-order valence-corrected chi connectivity index (χ1v) is 7.88. The number of thioether (sulfide) groups is 1. The van der Waals surface area contributed by atoms with Gasteiger partial charge in [0.25, 0.3) is 0 Å². The van der Waals surface area contributed by atoms with E-state index >= 15 is 0 Å². The summed E-state index contributed by atoms with van der Waals surface area (Å²) in [5.74, 6) is 7.14. The maximum absolute atomic E-state index is 12.0. The van der Waals surface area contributed by atoms with Gasteiger partial charge in [0.15, 0.2) is 5.82 Å². The standard InChI is InChI=1S/C12H21N5O2S/c1-2-3-4-10-14-15-12(17(10)13)20-9-11(18)16-5-7-19-8-6-16/h2-9,13H2,1H3. The Balaban J connectivity index is 1.84. The number of carbonyl (C=O) groups excluding carboxylic acids is 1. The molecule has 0 spiro atoms. The van der Waals surface area contributed by atoms with E-state index in [1.54, 1.807) is 0 Å². The van der Waals surface area contributed by atoms with Crippen molar-refractivity contribution in [1.82, 2.24) is 19.8 Å². The van der Waals surface area contributed by atoms with E-state index in [-0.39, 0.29) is 5.91 Å². The molecule has 2 heterocycles. The van der Waals surface area contributed by atoms with Gasteiger partial charge < -0.3 is 15.5 Å². The number of amides is 1. The van der Waals surface area contributed by atoms with Crippen LogP contribution < -0.4 is 5.84 Å². The Kier molecular flexibility index (Phi) is 5.66. The Morgan fingerprint density at radius 1 is 1.40 bits per heavy atom. The highest BCUT2D eigenvalue weighted by Gasteiger charge is 2.18. The zero-order chi connectivity index (χ0) is 14.4. The maximum Gasteiger partial charge on any atom is 0.233 e. The lowest BCUT2D eigenvalue weighted by Crippen LogP contribution is -2.41. The van der Waals surface area contributed by atoms with Gasteiger partial charge in [0.2, 0.25) is 11.1 Å². The molecule has 1 saturated heterocycles. The van der Waals surface area contributed by atoms with Gasteiger partial charge in [-0.05, 0) is 6.42 Å². The molecule has 2 N–H and O–H groups in total. The van der Waals surface area contributed by atoms with E-state index < -0.39 is 0 Å². The molecule has 0 aromatic carbocycles. The number of nitrogens with zero attached hydrogens (tertiary/aromatic N) is 4. The predicted molar refractivity (Wildman–Crippen MR) is 76.9 cm³/mol. The van der Waals surface area contributed by atoms with Gasteiger partial charge in [-0.3, -0.25) is 4.79 Å². The first kappa shape index (κ1) is 15.1. The second kappa shape index (κ2) is 7.49. The number of unbranched alkanes of at least 4 members (excludes halogenated alkanes) is 1. The van der Waals surface area contributed by atoms with Gasteiger partial charge in [-0.15, -0.1) is 10.2 Å². The molecule has 0 bridgehead atoms. The summed E-state index contributed by atoms with van der Waals surface area (Å²) < 4.78 is 6.72. The zero-order valence-electron chi connectivity index (χ0n) is 11.7. The largest absolute Gasteiger partial charge is 0.378 e. The third kappa shape index (κ3) is 3.86. The predicted octanol–water partition coefficient (Wildman–Crippen LogP) is 0.285. The van der Waals surface area contributed by atoms with Gasteiger partial charge in [-0.1, -0.05) is 25.1 Å². The molecule has 1 fully saturated rings. The molecule has 7 nitrogen and oxygen atoms in total. The Morgan fingerprint density at radius 2 is 2.15 bits per heavy atom. The monoisotopic (exact) mass is 299 g/mol. The summed E-state index contributed by atoms with van der Waals surface area (Å²) in [7, 11) is 0. The second-order valence-electron chi connectivity index (χ2n) is 4.65. The fourth-order valence-corrected chi connectivity index (χ4v) is 2.72. The number of hydrogen-bond donors (Lipinski definition) is 1. The van der Waals surface area contributed by atoms with Crippen LogP contribution in [-0.2, 0) is 16.0 Å². The van der Waals surface area contributed by atoms with Crippen LogP contribution in [0.2, 0.25) is 0 Å². The lowest BCUT2D eigenvalue weighted by atomic mass is 10.2. The number of hydrogen-bond acceptors (Lipinski definition) is 6. The van der Waals surface area contributed by atoms with E-state index in [9.17, 15) is 4.79 Å². The number of nitrogens with two attached hydrogens (primary N) is 1. The fourth-order valence-electron chi connectivity index (χ4n) is 1.94. The van der Waals surface area contributed by atoms with Crippen molar-refractivity contribution in [2.45, 2.75) is 31.3 Å². The Labute approximate surface area is 122 Å². The molecular formula is C12H21N5O2S. The molecule has 8 heteroatoms. The van der Waals surface area contributed by atoms with Crippen LogP contribution in [0.4, 0.5) is 0 Å². The number of aromatic nitrogens is 3. The Morgan fingerprint density at radius 3 is 2.85 bits per heavy atom. The van der Waals surface area contributed by atoms with Crippen LogP contribution in [0, 0.1) is 0 Å². The van der Waals surface area contributed by atoms with Crippen LogP contribution in [0.3, 0.4) is 0 Å². The highest BCUT2D eigenvalue weighted by molar-refractivity contribution is 7.99. The third-order valence-electron chi connectivity index (χ3n) is 3.18. The second-order valence-corrected chi connectivity index (χ2v) is 5.60. The quantitative estimate of drug-likeness (QED) is 0.600. The molecule has 1 aromatic heterocycles. The lowest BCUT2D eigenvalue weighted by molar-refractivity contribution is -0.132. The van der Waals surface area contributed by atoms with Crippen molar-refractivity contribution in [3.05, 3.63) is 5.82 Å². The smallest absolute Gasteiger partial charge is 0.233 e. The van der Waals surface area contributed by atoms with Crippen molar-refractivity contribution < 1.29 is 9.53 Å². The highest BCUT2D eigenvalue weighted by Crippen LogP contribution is 2.16. The minimum atomic E-state index is 0.0939. The van der Waals surface area contributed by atoms with Crippen molar-refractivity contribution in [3.63, 3.8) is 0 Å². The van der Waals surface area contributed by atoms with E-state index in [0.717, 1.165) is 25.1 Å². The fraction of sp³-hybridized carbons (Fsp3) is 0.750. The van der Waals surface area contributed by atoms with E-state index in [0.29, 0.717) is 37.2 Å². The van der Waals surface area contributed by atoms with Crippen LogP contribution in [0.25, 0.3) is 0 Å². The molecule has 1 aromatic rings. The molecule has 20 heavy (non-hydrogen) atoms. The summed E-state index contributed by atoms with van der Waals surface area (Å²) in [5, 5.41) is 8.70. The summed E-state index contributed by atoms with van der Waals surface area (Å²) in [6.45, 7) is 4.68. The van der Waals surface area contributed by atoms with Crippen molar-refractivity contribution in [1.29, 1.82) is 0 Å². The summed E-state index contributed by atoms with van der Waals surface area (Å²) >= 11 is 1.34. The van der Waals surface area contributed by atoms with Crippen molar-refractivity contribution in [2.24, 2.45) is 0 Å². The Bertz CT molecular complexity index is 445. The number of aryl methyl sites for hydroxylation is 1. The number of ether oxygens (including phenoxy) is 1. The molecule has 0 unspecified atom stereocenters. The highest BCUT2D eigenvalue weighted by atomic mass is 32.2. The summed E-state index contributed by atoms with van der Waals surface area (Å²) in [6, 6.07) is 0. The SMILES string of the molecule is CCCCc1nnc(SCC(=O)N2CCOCC2)n1N. The van der Waals surface area contributed by atoms with E-state index in [4.69, 9.17) is 10.6 Å². The first-order chi connectivity index (χ1) is 9.72. The average molecular weight is 299 g/mol. The van der Waals surface area contributed by atoms with Gasteiger partial charge in [0.05, 0.1) is 19.0 Å². The number of rotatable bonds is 6. The minimum absolute atomic E-state index is 0.0939. The zero-order valence-corrected chi connectivity index (χ0v) is 12.6. The van der Waals surface area contributed by atoms with Gasteiger partial charge >= 0.3 is 0 Å². The van der Waals surface area contributed by atoms with Gasteiger partial charge in [-0.25, -0.2) is 4.68 Å². The van der Waals surface area contributed by atoms with Crippen molar-refractivity contribution in [3.8, 4) is 0 Å². The van der Waals surface area contributed by atoms with Gasteiger partial charge in [0, 0.05) is 19.5 Å². The topological polar surface area (TPSA) is 86.3 Å². The molecule has 1 aliphatic rings. The number of carbonyl (C=O) groups is 1. The third-order valence-corrected chi connectivity index (χ3v) is 4.11. The maximum atomic E-state index is 12.0. The average Bonchev–Trinajstić information content (AvgIpc) is 2.84. The lowest BCUT2D eigenvalue weighted by Gasteiger charge is -2.26. The van der Waals surface area contributed by atoms with E-state index in [1.807, 2.05) is 4.90 Å². The summed E-state index contributed by atoms with van der Waals surface area (Å²) in [6.07, 6.45) is 2.94. The number of morpholine rings is 1. The Hall–Kier alpha value is -1.28. The molecular weight excluding hydrogens is 278 g/mol. The van der Waals surface area contributed by atoms with Crippen molar-refractivity contribution in [2.75, 3.05) is 37.9 Å². The molecule has 0 radical (unpaired) electrons. The molecule has 0 saturated carbocycles. The number of nitrogen functional groups attached to an aromatic ring is 1. The molecule has 1 amide bonds. The molecule has 0 atom stereocenters. The van der Waals surface area contributed by atoms with Gasteiger partial charge in [-0.2, -0.15) is 0 Å². The molecule has 0 aliphatic carbocycles. The molecule has 112 valence electrons. The molecule has 2 rings (SSSR count). The van der Waals surface area contributed by atoms with Gasteiger partial charge in [0.1, 0.15) is 0 Å². The van der Waals surface area contributed by atoms with E-state index in [2.05, 4.69) is 17.1 Å². The van der Waals surface area contributed by atoms with Crippen LogP contribution in [0.5, 0.6) is 0 Å². The van der Waals surface area contributed by atoms with Crippen LogP contribution >= 0.6 is 11.8 Å². The molecule has 1 aliphatic heterocycles. The summed E-state index contributed by atoms with van der Waals surface area (Å²) in [5.41, 5.74) is 0. The van der Waals surface area contributed by atoms with Crippen LogP contribution in [-0.4, -0.2) is 57.7 Å². The first-order valence-electron chi connectivity index (χ1n) is 6.90. The van der Waals surface area contributed by atoms with E-state index in [1.165, 1.54) is 16.4 Å². The summed E-state index contributed by atoms with van der Waals surface area (Å²) in [4.78, 5) is 13.8. The minimum Gasteiger partial charge on any atom is -0.378 e. The van der Waals surface area contributed by atoms with Crippen LogP contribution in [0.15, 0.2) is 5.16 Å². The van der Waals surface area contributed by atoms with Crippen molar-refractivity contribution >= 4 is 17.7 Å².